The van der Waals surface area contributed by atoms with Gasteiger partial charge in [0, 0.05) is 24.3 Å². The first-order valence-electron chi connectivity index (χ1n) is 9.61. The highest BCUT2D eigenvalue weighted by Gasteiger charge is 2.34. The average molecular weight is 335 g/mol. The summed E-state index contributed by atoms with van der Waals surface area (Å²) < 4.78 is 1.16. The summed E-state index contributed by atoms with van der Waals surface area (Å²) in [5.74, 6) is 0. The molecular weight excluding hydrogens is 296 g/mol. The van der Waals surface area contributed by atoms with Crippen molar-refractivity contribution in [2.45, 2.75) is 38.1 Å². The second kappa shape index (κ2) is 8.72. The minimum atomic E-state index is 0.744. The van der Waals surface area contributed by atoms with Gasteiger partial charge in [-0.25, -0.2) is 0 Å². The number of unbranched alkanes of at least 4 members (excludes halogenated alkanes) is 3. The van der Waals surface area contributed by atoms with Crippen molar-refractivity contribution < 1.29 is 9.38 Å². The normalized spacial score (nSPS) is 18.5. The summed E-state index contributed by atoms with van der Waals surface area (Å²) in [6, 6.07) is 9.08. The summed E-state index contributed by atoms with van der Waals surface area (Å²) in [5.41, 5.74) is 7.97. The van der Waals surface area contributed by atoms with Gasteiger partial charge in [-0.3, -0.25) is 0 Å². The minimum Gasteiger partial charge on any atom is -0.399 e. The Kier molecular flexibility index (Phi) is 6.93. The monoisotopic (exact) mass is 334 g/mol. The molecule has 1 atom stereocenters. The summed E-state index contributed by atoms with van der Waals surface area (Å²) in [6.45, 7) is 4.94. The number of hydrogen-bond acceptors (Lipinski definition) is 2. The molecule has 4 heteroatoms. The van der Waals surface area contributed by atoms with E-state index in [0.29, 0.717) is 0 Å². The molecule has 0 radical (unpaired) electrons. The van der Waals surface area contributed by atoms with E-state index in [-0.39, 0.29) is 0 Å². The molecule has 0 saturated carbocycles. The first-order chi connectivity index (χ1) is 11.4. The molecule has 1 fully saturated rings. The van der Waals surface area contributed by atoms with Crippen molar-refractivity contribution in [3.63, 3.8) is 0 Å². The van der Waals surface area contributed by atoms with Crippen LogP contribution in [-0.2, 0) is 0 Å². The van der Waals surface area contributed by atoms with Gasteiger partial charge in [-0.15, -0.1) is 0 Å². The van der Waals surface area contributed by atoms with Crippen LogP contribution in [0, 0.1) is 0 Å². The lowest BCUT2D eigenvalue weighted by molar-refractivity contribution is -0.912. The van der Waals surface area contributed by atoms with Crippen LogP contribution >= 0.6 is 0 Å². The number of nitrogen functional groups attached to an aromatic ring is 1. The van der Waals surface area contributed by atoms with Crippen molar-refractivity contribution in [1.29, 1.82) is 0 Å². The smallest absolute Gasteiger partial charge is 0.108 e. The van der Waals surface area contributed by atoms with Gasteiger partial charge < -0.3 is 20.0 Å². The molecule has 0 aromatic heterocycles. The lowest BCUT2D eigenvalue weighted by Gasteiger charge is -2.36. The van der Waals surface area contributed by atoms with Gasteiger partial charge in [-0.05, 0) is 49.9 Å². The lowest BCUT2D eigenvalue weighted by atomic mass is 10.1. The highest BCUT2D eigenvalue weighted by atomic mass is 15.4. The van der Waals surface area contributed by atoms with Gasteiger partial charge in [-0.1, -0.05) is 0 Å². The zero-order valence-corrected chi connectivity index (χ0v) is 16.2. The van der Waals surface area contributed by atoms with Crippen LogP contribution in [0.1, 0.15) is 32.1 Å². The summed E-state index contributed by atoms with van der Waals surface area (Å²) in [5, 5.41) is 0. The van der Waals surface area contributed by atoms with Crippen molar-refractivity contribution in [3.05, 3.63) is 24.3 Å². The Morgan fingerprint density at radius 1 is 1.08 bits per heavy atom. The third kappa shape index (κ3) is 5.67. The molecule has 4 nitrogen and oxygen atoms in total. The van der Waals surface area contributed by atoms with Crippen LogP contribution in [0.3, 0.4) is 0 Å². The highest BCUT2D eigenvalue weighted by Crippen LogP contribution is 2.26. The van der Waals surface area contributed by atoms with E-state index < -0.39 is 0 Å². The quantitative estimate of drug-likeness (QED) is 0.409. The van der Waals surface area contributed by atoms with E-state index >= 15 is 0 Å². The number of hydrogen-bond donors (Lipinski definition) is 2. The van der Waals surface area contributed by atoms with Crippen molar-refractivity contribution in [1.82, 2.24) is 0 Å². The van der Waals surface area contributed by atoms with E-state index in [0.717, 1.165) is 16.2 Å². The zero-order valence-electron chi connectivity index (χ0n) is 16.2. The van der Waals surface area contributed by atoms with E-state index in [1.54, 1.807) is 4.90 Å². The molecule has 1 aromatic carbocycles. The molecule has 1 unspecified atom stereocenters. The molecule has 0 spiro atoms. The van der Waals surface area contributed by atoms with Crippen LogP contribution in [-0.4, -0.2) is 64.9 Å². The topological polar surface area (TPSA) is 33.7 Å². The fourth-order valence-electron chi connectivity index (χ4n) is 3.77. The lowest BCUT2D eigenvalue weighted by Crippen LogP contribution is -3.05. The largest absolute Gasteiger partial charge is 0.399 e. The molecule has 2 rings (SSSR count). The summed E-state index contributed by atoms with van der Waals surface area (Å²) in [7, 11) is 9.32. The third-order valence-electron chi connectivity index (χ3n) is 5.57. The Morgan fingerprint density at radius 3 is 2.42 bits per heavy atom. The van der Waals surface area contributed by atoms with E-state index in [9.17, 15) is 0 Å². The van der Waals surface area contributed by atoms with E-state index in [1.165, 1.54) is 64.0 Å². The fraction of sp³-hybridized carbons (Fsp3) is 0.700. The van der Waals surface area contributed by atoms with Gasteiger partial charge >= 0.3 is 0 Å². The summed E-state index contributed by atoms with van der Waals surface area (Å²) in [4.78, 5) is 4.09. The van der Waals surface area contributed by atoms with Crippen LogP contribution in [0.4, 0.5) is 11.4 Å². The van der Waals surface area contributed by atoms with Gasteiger partial charge in [0.2, 0.25) is 0 Å². The van der Waals surface area contributed by atoms with Crippen molar-refractivity contribution in [2.24, 2.45) is 0 Å². The molecule has 24 heavy (non-hydrogen) atoms. The first kappa shape index (κ1) is 19.1. The van der Waals surface area contributed by atoms with Crippen molar-refractivity contribution in [2.75, 3.05) is 65.0 Å². The number of benzene rings is 1. The van der Waals surface area contributed by atoms with E-state index in [1.807, 2.05) is 12.1 Å². The maximum absolute atomic E-state index is 5.80. The maximum atomic E-state index is 5.80. The van der Waals surface area contributed by atoms with Crippen LogP contribution in [0.2, 0.25) is 0 Å². The highest BCUT2D eigenvalue weighted by molar-refractivity contribution is 5.53. The van der Waals surface area contributed by atoms with Crippen LogP contribution in [0.5, 0.6) is 0 Å². The number of nitrogens with one attached hydrogen (secondary N) is 1. The standard InChI is InChI=1S/C20H37N4/c1-22(2)14-7-5-6-8-16-24(3,4)20-13-15-23(17-20)19-11-9-18(21)10-12-19/h9-12,20H,5-8,13-17,21H2,1-4H3/q+1/p+1. The van der Waals surface area contributed by atoms with Gasteiger partial charge in [0.1, 0.15) is 6.04 Å². The van der Waals surface area contributed by atoms with Gasteiger partial charge in [-0.2, -0.15) is 0 Å². The predicted octanol–water partition coefficient (Wildman–Crippen LogP) is 1.63. The van der Waals surface area contributed by atoms with Crippen molar-refractivity contribution >= 4 is 11.4 Å². The number of quaternary nitrogens is 2. The maximum Gasteiger partial charge on any atom is 0.108 e. The molecule has 136 valence electrons. The Labute approximate surface area is 148 Å². The number of nitrogens with zero attached hydrogens (tertiary/aromatic N) is 2. The zero-order chi connectivity index (χ0) is 17.6. The molecule has 1 aromatic rings. The second-order valence-electron chi connectivity index (χ2n) is 8.35. The fourth-order valence-corrected chi connectivity index (χ4v) is 3.77. The summed E-state index contributed by atoms with van der Waals surface area (Å²) in [6.07, 6.45) is 6.77. The van der Waals surface area contributed by atoms with E-state index in [2.05, 4.69) is 45.2 Å². The third-order valence-corrected chi connectivity index (χ3v) is 5.57. The van der Waals surface area contributed by atoms with E-state index in [4.69, 9.17) is 5.73 Å². The average Bonchev–Trinajstić information content (AvgIpc) is 3.02. The number of anilines is 2. The van der Waals surface area contributed by atoms with Gasteiger partial charge in [0.05, 0.1) is 47.8 Å². The Bertz CT molecular complexity index is 481. The molecule has 3 N–H and O–H groups in total. The number of nitrogens with two attached hydrogens (primary N) is 1. The SMILES string of the molecule is C[NH+](C)CCCCCC[N+](C)(C)C1CCN(c2ccc(N)cc2)C1. The molecular formula is C20H38N4+2. The molecule has 0 amide bonds. The second-order valence-corrected chi connectivity index (χ2v) is 8.35. The van der Waals surface area contributed by atoms with Crippen molar-refractivity contribution in [3.8, 4) is 0 Å². The van der Waals surface area contributed by atoms with Gasteiger partial charge in [0.15, 0.2) is 0 Å². The molecule has 1 saturated heterocycles. The van der Waals surface area contributed by atoms with Crippen LogP contribution in [0.25, 0.3) is 0 Å². The number of rotatable bonds is 9. The molecule has 0 aliphatic carbocycles. The Hall–Kier alpha value is -1.26. The number of likely N-dealkylation sites (N-methyl/N-ethyl adjacent to an activating group) is 1. The molecule has 1 aliphatic heterocycles. The minimum absolute atomic E-state index is 0.744. The molecule has 1 aliphatic rings. The van der Waals surface area contributed by atoms with Crippen LogP contribution < -0.4 is 15.5 Å². The van der Waals surface area contributed by atoms with Gasteiger partial charge in [0.25, 0.3) is 0 Å². The first-order valence-corrected chi connectivity index (χ1v) is 9.61. The van der Waals surface area contributed by atoms with Crippen LogP contribution in [0.15, 0.2) is 24.3 Å². The summed E-state index contributed by atoms with van der Waals surface area (Å²) >= 11 is 0. The predicted molar refractivity (Wildman–Crippen MR) is 105 cm³/mol. The Morgan fingerprint density at radius 2 is 1.75 bits per heavy atom. The Balaban J connectivity index is 1.73. The molecule has 1 heterocycles. The molecule has 0 bridgehead atoms.